The van der Waals surface area contributed by atoms with Crippen LogP contribution in [-0.2, 0) is 4.79 Å². The fraction of sp³-hybridized carbons (Fsp3) is 0.500. The van der Waals surface area contributed by atoms with Gasteiger partial charge in [-0.3, -0.25) is 4.79 Å². The zero-order chi connectivity index (χ0) is 13.4. The highest BCUT2D eigenvalue weighted by atomic mass is 16.5. The third-order valence-corrected chi connectivity index (χ3v) is 2.74. The first-order valence-electron chi connectivity index (χ1n) is 6.28. The molecule has 1 rings (SSSR count). The van der Waals surface area contributed by atoms with E-state index in [2.05, 4.69) is 12.2 Å². The van der Waals surface area contributed by atoms with Crippen molar-refractivity contribution in [1.29, 1.82) is 0 Å². The van der Waals surface area contributed by atoms with Gasteiger partial charge in [-0.25, -0.2) is 0 Å². The predicted molar refractivity (Wildman–Crippen MR) is 70.5 cm³/mol. The number of methoxy groups -OCH3 is 1. The quantitative estimate of drug-likeness (QED) is 0.729. The fourth-order valence-corrected chi connectivity index (χ4v) is 1.65. The maximum atomic E-state index is 11.7. The summed E-state index contributed by atoms with van der Waals surface area (Å²) < 4.78 is 5.06. The van der Waals surface area contributed by atoms with E-state index in [1.54, 1.807) is 31.4 Å². The van der Waals surface area contributed by atoms with Crippen LogP contribution in [0.2, 0.25) is 0 Å². The molecule has 1 aromatic rings. The molecule has 1 amide bonds. The SMILES string of the molecule is CCCCCNC(=O)C(O)c1cccc(OC)c1. The molecule has 0 heterocycles. The van der Waals surface area contributed by atoms with Crippen molar-refractivity contribution in [2.75, 3.05) is 13.7 Å². The Hall–Kier alpha value is -1.55. The molecule has 0 aliphatic rings. The number of nitrogens with one attached hydrogen (secondary N) is 1. The Balaban J connectivity index is 2.51. The molecule has 18 heavy (non-hydrogen) atoms. The molecule has 0 saturated carbocycles. The summed E-state index contributed by atoms with van der Waals surface area (Å²) >= 11 is 0. The number of aliphatic hydroxyl groups excluding tert-OH is 1. The van der Waals surface area contributed by atoms with Gasteiger partial charge in [-0.15, -0.1) is 0 Å². The van der Waals surface area contributed by atoms with Crippen molar-refractivity contribution >= 4 is 5.91 Å². The molecular weight excluding hydrogens is 230 g/mol. The van der Waals surface area contributed by atoms with Crippen LogP contribution < -0.4 is 10.1 Å². The van der Waals surface area contributed by atoms with Gasteiger partial charge in [0.1, 0.15) is 5.75 Å². The number of hydrogen-bond acceptors (Lipinski definition) is 3. The first-order valence-corrected chi connectivity index (χ1v) is 6.28. The maximum Gasteiger partial charge on any atom is 0.253 e. The lowest BCUT2D eigenvalue weighted by Crippen LogP contribution is -2.30. The first kappa shape index (κ1) is 14.5. The van der Waals surface area contributed by atoms with Gasteiger partial charge < -0.3 is 15.2 Å². The van der Waals surface area contributed by atoms with Crippen LogP contribution in [0.25, 0.3) is 0 Å². The molecule has 4 heteroatoms. The number of carbonyl (C=O) groups excluding carboxylic acids is 1. The largest absolute Gasteiger partial charge is 0.497 e. The molecule has 2 N–H and O–H groups in total. The van der Waals surface area contributed by atoms with E-state index in [0.29, 0.717) is 17.9 Å². The van der Waals surface area contributed by atoms with Gasteiger partial charge in [-0.1, -0.05) is 31.9 Å². The number of hydrogen-bond donors (Lipinski definition) is 2. The maximum absolute atomic E-state index is 11.7. The van der Waals surface area contributed by atoms with Crippen molar-refractivity contribution in [2.24, 2.45) is 0 Å². The second kappa shape index (κ2) is 7.71. The molecule has 0 aromatic heterocycles. The van der Waals surface area contributed by atoms with Crippen molar-refractivity contribution in [3.63, 3.8) is 0 Å². The minimum Gasteiger partial charge on any atom is -0.497 e. The predicted octanol–water partition coefficient (Wildman–Crippen LogP) is 2.03. The normalized spacial score (nSPS) is 11.9. The zero-order valence-corrected chi connectivity index (χ0v) is 11.0. The van der Waals surface area contributed by atoms with Crippen LogP contribution in [0.5, 0.6) is 5.75 Å². The van der Waals surface area contributed by atoms with Crippen molar-refractivity contribution in [1.82, 2.24) is 5.32 Å². The molecule has 0 spiro atoms. The number of unbranched alkanes of at least 4 members (excludes halogenated alkanes) is 2. The molecule has 1 aromatic carbocycles. The lowest BCUT2D eigenvalue weighted by atomic mass is 10.1. The summed E-state index contributed by atoms with van der Waals surface area (Å²) in [5.74, 6) is 0.268. The van der Waals surface area contributed by atoms with Crippen molar-refractivity contribution in [2.45, 2.75) is 32.3 Å². The third kappa shape index (κ3) is 4.37. The molecule has 0 fully saturated rings. The number of amides is 1. The highest BCUT2D eigenvalue weighted by Gasteiger charge is 2.16. The van der Waals surface area contributed by atoms with E-state index in [9.17, 15) is 9.90 Å². The van der Waals surface area contributed by atoms with Crippen LogP contribution in [0, 0.1) is 0 Å². The molecule has 100 valence electrons. The number of rotatable bonds is 7. The monoisotopic (exact) mass is 251 g/mol. The number of carbonyl (C=O) groups is 1. The molecule has 0 saturated heterocycles. The summed E-state index contributed by atoms with van der Waals surface area (Å²) in [5.41, 5.74) is 0.544. The molecular formula is C14H21NO3. The zero-order valence-electron chi connectivity index (χ0n) is 11.0. The van der Waals surface area contributed by atoms with Crippen LogP contribution >= 0.6 is 0 Å². The second-order valence-electron chi connectivity index (χ2n) is 4.18. The van der Waals surface area contributed by atoms with Gasteiger partial charge in [0.15, 0.2) is 6.10 Å². The highest BCUT2D eigenvalue weighted by Crippen LogP contribution is 2.19. The highest BCUT2D eigenvalue weighted by molar-refractivity contribution is 5.81. The van der Waals surface area contributed by atoms with Gasteiger partial charge in [0.2, 0.25) is 0 Å². The van der Waals surface area contributed by atoms with E-state index >= 15 is 0 Å². The number of benzene rings is 1. The average Bonchev–Trinajstić information content (AvgIpc) is 2.42. The smallest absolute Gasteiger partial charge is 0.253 e. The van der Waals surface area contributed by atoms with Gasteiger partial charge in [-0.05, 0) is 24.1 Å². The summed E-state index contributed by atoms with van der Waals surface area (Å²) in [6.45, 7) is 2.71. The average molecular weight is 251 g/mol. The van der Waals surface area contributed by atoms with Crippen LogP contribution in [0.4, 0.5) is 0 Å². The van der Waals surface area contributed by atoms with Crippen molar-refractivity contribution in [3.8, 4) is 5.75 Å². The van der Waals surface area contributed by atoms with Gasteiger partial charge in [0.25, 0.3) is 5.91 Å². The minimum atomic E-state index is -1.14. The van der Waals surface area contributed by atoms with E-state index in [1.807, 2.05) is 0 Å². The van der Waals surface area contributed by atoms with Crippen molar-refractivity contribution in [3.05, 3.63) is 29.8 Å². The lowest BCUT2D eigenvalue weighted by Gasteiger charge is -2.12. The lowest BCUT2D eigenvalue weighted by molar-refractivity contribution is -0.129. The fourth-order valence-electron chi connectivity index (χ4n) is 1.65. The summed E-state index contributed by atoms with van der Waals surface area (Å²) in [6, 6.07) is 6.90. The van der Waals surface area contributed by atoms with E-state index < -0.39 is 6.10 Å². The Kier molecular flexibility index (Phi) is 6.22. The van der Waals surface area contributed by atoms with E-state index in [0.717, 1.165) is 19.3 Å². The standard InChI is InChI=1S/C14H21NO3/c1-3-4-5-9-15-14(17)13(16)11-7-6-8-12(10-11)18-2/h6-8,10,13,16H,3-5,9H2,1-2H3,(H,15,17). The summed E-state index contributed by atoms with van der Waals surface area (Å²) in [6.07, 6.45) is 1.98. The molecule has 1 atom stereocenters. The third-order valence-electron chi connectivity index (χ3n) is 2.74. The first-order chi connectivity index (χ1) is 8.69. The Bertz CT molecular complexity index is 379. The Labute approximate surface area is 108 Å². The van der Waals surface area contributed by atoms with E-state index in [4.69, 9.17) is 4.74 Å². The summed E-state index contributed by atoms with van der Waals surface area (Å²) in [4.78, 5) is 11.7. The van der Waals surface area contributed by atoms with Gasteiger partial charge in [0, 0.05) is 6.54 Å². The molecule has 4 nitrogen and oxygen atoms in total. The summed E-state index contributed by atoms with van der Waals surface area (Å²) in [7, 11) is 1.55. The molecule has 0 aliphatic heterocycles. The van der Waals surface area contributed by atoms with E-state index in [-0.39, 0.29) is 5.91 Å². The van der Waals surface area contributed by atoms with Crippen LogP contribution in [-0.4, -0.2) is 24.7 Å². The number of ether oxygens (including phenoxy) is 1. The minimum absolute atomic E-state index is 0.362. The van der Waals surface area contributed by atoms with Crippen molar-refractivity contribution < 1.29 is 14.6 Å². The topological polar surface area (TPSA) is 58.6 Å². The Morgan fingerprint density at radius 3 is 2.89 bits per heavy atom. The molecule has 0 aliphatic carbocycles. The Morgan fingerprint density at radius 1 is 1.44 bits per heavy atom. The van der Waals surface area contributed by atoms with Crippen LogP contribution in [0.1, 0.15) is 37.9 Å². The second-order valence-corrected chi connectivity index (χ2v) is 4.18. The van der Waals surface area contributed by atoms with Gasteiger partial charge >= 0.3 is 0 Å². The Morgan fingerprint density at radius 2 is 2.22 bits per heavy atom. The van der Waals surface area contributed by atoms with Crippen LogP contribution in [0.3, 0.4) is 0 Å². The number of aliphatic hydroxyl groups is 1. The summed E-state index contributed by atoms with van der Waals surface area (Å²) in [5, 5.41) is 12.6. The molecule has 1 unspecified atom stereocenters. The van der Waals surface area contributed by atoms with Gasteiger partial charge in [0.05, 0.1) is 7.11 Å². The molecule has 0 radical (unpaired) electrons. The van der Waals surface area contributed by atoms with Gasteiger partial charge in [-0.2, -0.15) is 0 Å². The van der Waals surface area contributed by atoms with E-state index in [1.165, 1.54) is 0 Å². The van der Waals surface area contributed by atoms with Crippen LogP contribution in [0.15, 0.2) is 24.3 Å². The molecule has 0 bridgehead atoms.